The van der Waals surface area contributed by atoms with Crippen molar-refractivity contribution in [2.24, 2.45) is 0 Å². The van der Waals surface area contributed by atoms with Crippen LogP contribution in [0, 0.1) is 13.8 Å². The van der Waals surface area contributed by atoms with Crippen LogP contribution < -0.4 is 5.32 Å². The molecule has 26 heavy (non-hydrogen) atoms. The van der Waals surface area contributed by atoms with Gasteiger partial charge in [-0.3, -0.25) is 4.79 Å². The number of carbonyl (C=O) groups excluding carboxylic acids is 1. The average molecular weight is 374 g/mol. The summed E-state index contributed by atoms with van der Waals surface area (Å²) in [5.74, 6) is -0.261. The third-order valence-corrected chi connectivity index (χ3v) is 6.22. The van der Waals surface area contributed by atoms with Crippen molar-refractivity contribution in [3.05, 3.63) is 59.2 Å². The molecule has 1 N–H and O–H groups in total. The number of benzene rings is 2. The number of ether oxygens (including phenoxy) is 1. The van der Waals surface area contributed by atoms with Gasteiger partial charge in [0.25, 0.3) is 5.91 Å². The predicted octanol–water partition coefficient (Wildman–Crippen LogP) is 2.58. The van der Waals surface area contributed by atoms with Gasteiger partial charge in [-0.25, -0.2) is 8.42 Å². The minimum atomic E-state index is -3.60. The summed E-state index contributed by atoms with van der Waals surface area (Å²) in [6.45, 7) is 5.30. The second kappa shape index (κ2) is 7.57. The topological polar surface area (TPSA) is 75.7 Å². The SMILES string of the molecule is Cc1ccc(C(=O)Nc2cccc(S(=O)(=O)N3CCOCC3)c2)c(C)c1. The zero-order valence-electron chi connectivity index (χ0n) is 14.9. The number of amides is 1. The number of nitrogens with one attached hydrogen (secondary N) is 1. The van der Waals surface area contributed by atoms with Gasteiger partial charge in [-0.2, -0.15) is 4.31 Å². The summed E-state index contributed by atoms with van der Waals surface area (Å²) in [6.07, 6.45) is 0. The second-order valence-electron chi connectivity index (χ2n) is 6.32. The van der Waals surface area contributed by atoms with Crippen molar-refractivity contribution in [2.75, 3.05) is 31.6 Å². The molecule has 0 spiro atoms. The summed E-state index contributed by atoms with van der Waals surface area (Å²) in [5.41, 5.74) is 2.97. The van der Waals surface area contributed by atoms with Crippen molar-refractivity contribution in [2.45, 2.75) is 18.7 Å². The van der Waals surface area contributed by atoms with Gasteiger partial charge in [0.15, 0.2) is 0 Å². The predicted molar refractivity (Wildman–Crippen MR) is 99.9 cm³/mol. The number of aryl methyl sites for hydroxylation is 2. The van der Waals surface area contributed by atoms with Crippen LogP contribution in [0.1, 0.15) is 21.5 Å². The molecule has 6 nitrogen and oxygen atoms in total. The highest BCUT2D eigenvalue weighted by molar-refractivity contribution is 7.89. The molecule has 1 saturated heterocycles. The van der Waals surface area contributed by atoms with E-state index in [1.165, 1.54) is 16.4 Å². The van der Waals surface area contributed by atoms with E-state index in [-0.39, 0.29) is 10.8 Å². The van der Waals surface area contributed by atoms with Crippen molar-refractivity contribution in [3.63, 3.8) is 0 Å². The van der Waals surface area contributed by atoms with Gasteiger partial charge in [0.2, 0.25) is 10.0 Å². The summed E-state index contributed by atoms with van der Waals surface area (Å²) >= 11 is 0. The Bertz CT molecular complexity index is 919. The third kappa shape index (κ3) is 3.95. The fourth-order valence-electron chi connectivity index (χ4n) is 2.94. The first kappa shape index (κ1) is 18.6. The Hall–Kier alpha value is -2.22. The van der Waals surface area contributed by atoms with Gasteiger partial charge in [-0.05, 0) is 43.7 Å². The molecule has 0 saturated carbocycles. The van der Waals surface area contributed by atoms with E-state index >= 15 is 0 Å². The molecule has 138 valence electrons. The van der Waals surface area contributed by atoms with Crippen LogP contribution in [0.3, 0.4) is 0 Å². The van der Waals surface area contributed by atoms with E-state index in [2.05, 4.69) is 5.32 Å². The monoisotopic (exact) mass is 374 g/mol. The molecule has 0 aliphatic carbocycles. The molecule has 0 unspecified atom stereocenters. The van der Waals surface area contributed by atoms with Crippen LogP contribution in [-0.2, 0) is 14.8 Å². The standard InChI is InChI=1S/C19H22N2O4S/c1-14-6-7-18(15(2)12-14)19(22)20-16-4-3-5-17(13-16)26(23,24)21-8-10-25-11-9-21/h3-7,12-13H,8-11H2,1-2H3,(H,20,22). The van der Waals surface area contributed by atoms with Crippen LogP contribution in [0.25, 0.3) is 0 Å². The Morgan fingerprint density at radius 3 is 2.50 bits per heavy atom. The zero-order chi connectivity index (χ0) is 18.7. The van der Waals surface area contributed by atoms with Crippen LogP contribution in [0.4, 0.5) is 5.69 Å². The summed E-state index contributed by atoms with van der Waals surface area (Å²) < 4.78 is 32.1. The van der Waals surface area contributed by atoms with Crippen molar-refractivity contribution >= 4 is 21.6 Å². The summed E-state index contributed by atoms with van der Waals surface area (Å²) in [6, 6.07) is 11.9. The third-order valence-electron chi connectivity index (χ3n) is 4.33. The second-order valence-corrected chi connectivity index (χ2v) is 8.25. The molecule has 1 heterocycles. The molecule has 1 aliphatic rings. The maximum atomic E-state index is 12.7. The average Bonchev–Trinajstić information content (AvgIpc) is 2.62. The van der Waals surface area contributed by atoms with Crippen molar-refractivity contribution in [1.29, 1.82) is 0 Å². The molecule has 2 aromatic rings. The molecular weight excluding hydrogens is 352 g/mol. The van der Waals surface area contributed by atoms with E-state index in [0.717, 1.165) is 11.1 Å². The lowest BCUT2D eigenvalue weighted by Crippen LogP contribution is -2.40. The number of carbonyl (C=O) groups is 1. The van der Waals surface area contributed by atoms with Gasteiger partial charge >= 0.3 is 0 Å². The Labute approximate surface area is 153 Å². The number of anilines is 1. The van der Waals surface area contributed by atoms with Crippen molar-refractivity contribution in [1.82, 2.24) is 4.31 Å². The van der Waals surface area contributed by atoms with Gasteiger partial charge < -0.3 is 10.1 Å². The summed E-state index contributed by atoms with van der Waals surface area (Å²) in [4.78, 5) is 12.7. The van der Waals surface area contributed by atoms with E-state index in [4.69, 9.17) is 4.74 Å². The van der Waals surface area contributed by atoms with Crippen molar-refractivity contribution in [3.8, 4) is 0 Å². The molecule has 7 heteroatoms. The number of sulfonamides is 1. The molecule has 1 aliphatic heterocycles. The highest BCUT2D eigenvalue weighted by atomic mass is 32.2. The fourth-order valence-corrected chi connectivity index (χ4v) is 4.39. The highest BCUT2D eigenvalue weighted by Crippen LogP contribution is 2.21. The van der Waals surface area contributed by atoms with E-state index in [0.29, 0.717) is 37.6 Å². The van der Waals surface area contributed by atoms with E-state index < -0.39 is 10.0 Å². The van der Waals surface area contributed by atoms with E-state index in [9.17, 15) is 13.2 Å². The Morgan fingerprint density at radius 1 is 1.08 bits per heavy atom. The Morgan fingerprint density at radius 2 is 1.81 bits per heavy atom. The largest absolute Gasteiger partial charge is 0.379 e. The van der Waals surface area contributed by atoms with Crippen LogP contribution >= 0.6 is 0 Å². The zero-order valence-corrected chi connectivity index (χ0v) is 15.7. The number of nitrogens with zero attached hydrogens (tertiary/aromatic N) is 1. The van der Waals surface area contributed by atoms with Crippen LogP contribution in [0.2, 0.25) is 0 Å². The maximum Gasteiger partial charge on any atom is 0.255 e. The molecule has 0 aromatic heterocycles. The summed E-state index contributed by atoms with van der Waals surface area (Å²) in [5, 5.41) is 2.79. The Kier molecular flexibility index (Phi) is 5.41. The van der Waals surface area contributed by atoms with Gasteiger partial charge in [0, 0.05) is 24.3 Å². The number of rotatable bonds is 4. The van der Waals surface area contributed by atoms with Crippen LogP contribution in [-0.4, -0.2) is 44.9 Å². The molecule has 2 aromatic carbocycles. The molecule has 0 bridgehead atoms. The first-order valence-corrected chi connectivity index (χ1v) is 9.88. The molecule has 0 radical (unpaired) electrons. The van der Waals surface area contributed by atoms with Crippen LogP contribution in [0.5, 0.6) is 0 Å². The Balaban J connectivity index is 1.82. The van der Waals surface area contributed by atoms with Crippen molar-refractivity contribution < 1.29 is 17.9 Å². The van der Waals surface area contributed by atoms with E-state index in [1.54, 1.807) is 18.2 Å². The normalized spacial score (nSPS) is 15.6. The molecule has 1 fully saturated rings. The minimum Gasteiger partial charge on any atom is -0.379 e. The van der Waals surface area contributed by atoms with Crippen LogP contribution in [0.15, 0.2) is 47.4 Å². The molecule has 1 amide bonds. The first-order valence-electron chi connectivity index (χ1n) is 8.44. The molecular formula is C19H22N2O4S. The molecule has 0 atom stereocenters. The lowest BCUT2D eigenvalue weighted by molar-refractivity contribution is 0.0730. The summed E-state index contributed by atoms with van der Waals surface area (Å²) in [7, 11) is -3.60. The first-order chi connectivity index (χ1) is 12.4. The number of hydrogen-bond donors (Lipinski definition) is 1. The van der Waals surface area contributed by atoms with Gasteiger partial charge in [-0.1, -0.05) is 23.8 Å². The van der Waals surface area contributed by atoms with Gasteiger partial charge in [0.05, 0.1) is 18.1 Å². The maximum absolute atomic E-state index is 12.7. The smallest absolute Gasteiger partial charge is 0.255 e. The quantitative estimate of drug-likeness (QED) is 0.892. The highest BCUT2D eigenvalue weighted by Gasteiger charge is 2.26. The van der Waals surface area contributed by atoms with Gasteiger partial charge in [-0.15, -0.1) is 0 Å². The fraction of sp³-hybridized carbons (Fsp3) is 0.316. The number of hydrogen-bond acceptors (Lipinski definition) is 4. The number of morpholine rings is 1. The van der Waals surface area contributed by atoms with Gasteiger partial charge in [0.1, 0.15) is 0 Å². The van der Waals surface area contributed by atoms with E-state index in [1.807, 2.05) is 26.0 Å². The lowest BCUT2D eigenvalue weighted by atomic mass is 10.1. The minimum absolute atomic E-state index is 0.165. The molecule has 3 rings (SSSR count). The lowest BCUT2D eigenvalue weighted by Gasteiger charge is -2.26.